The summed E-state index contributed by atoms with van der Waals surface area (Å²) in [6.45, 7) is 3.86. The van der Waals surface area contributed by atoms with E-state index in [-0.39, 0.29) is 10.5 Å². The Bertz CT molecular complexity index is 1260. The van der Waals surface area contributed by atoms with Crippen LogP contribution in [0.3, 0.4) is 0 Å². The molecule has 0 radical (unpaired) electrons. The van der Waals surface area contributed by atoms with Crippen LogP contribution < -0.4 is 19.5 Å². The van der Waals surface area contributed by atoms with Crippen molar-refractivity contribution in [3.8, 4) is 11.5 Å². The normalized spacial score (nSPS) is 11.0. The summed E-state index contributed by atoms with van der Waals surface area (Å²) in [4.78, 5) is 12.7. The second-order valence-corrected chi connectivity index (χ2v) is 9.16. The van der Waals surface area contributed by atoms with E-state index in [1.165, 1.54) is 44.6 Å². The molecular weight excluding hydrogens is 452 g/mol. The molecule has 0 heterocycles. The minimum atomic E-state index is -3.80. The van der Waals surface area contributed by atoms with Gasteiger partial charge < -0.3 is 14.8 Å². The van der Waals surface area contributed by atoms with Gasteiger partial charge in [0.15, 0.2) is 0 Å². The standard InChI is InChI=1S/C23H23ClN2O5S/c1-14-5-8-17(11-15(14)2)26-32(28,29)18-9-6-16(7-10-18)23(27)25-20-12-19(24)21(30-3)13-22(20)31-4/h5-13,26H,1-4H3,(H,25,27). The molecule has 3 aromatic carbocycles. The van der Waals surface area contributed by atoms with E-state index in [1.807, 2.05) is 19.9 Å². The van der Waals surface area contributed by atoms with Crippen molar-refractivity contribution >= 4 is 38.9 Å². The number of hydrogen-bond acceptors (Lipinski definition) is 5. The third-order valence-corrected chi connectivity index (χ3v) is 6.60. The summed E-state index contributed by atoms with van der Waals surface area (Å²) in [5.74, 6) is 0.333. The first-order valence-corrected chi connectivity index (χ1v) is 11.4. The molecule has 0 spiro atoms. The number of aryl methyl sites for hydroxylation is 2. The molecule has 1 amide bonds. The average molecular weight is 475 g/mol. The fraction of sp³-hybridized carbons (Fsp3) is 0.174. The Morgan fingerprint density at radius 2 is 1.53 bits per heavy atom. The number of amides is 1. The molecule has 0 aliphatic carbocycles. The molecule has 168 valence electrons. The van der Waals surface area contributed by atoms with Crippen molar-refractivity contribution in [2.75, 3.05) is 24.3 Å². The number of nitrogens with one attached hydrogen (secondary N) is 2. The van der Waals surface area contributed by atoms with E-state index in [2.05, 4.69) is 10.0 Å². The average Bonchev–Trinajstić information content (AvgIpc) is 2.76. The molecule has 0 bridgehead atoms. The first kappa shape index (κ1) is 23.4. The predicted octanol–water partition coefficient (Wildman–Crippen LogP) is 5.03. The van der Waals surface area contributed by atoms with Gasteiger partial charge in [0.2, 0.25) is 0 Å². The summed E-state index contributed by atoms with van der Waals surface area (Å²) >= 11 is 6.14. The summed E-state index contributed by atoms with van der Waals surface area (Å²) in [6.07, 6.45) is 0. The fourth-order valence-corrected chi connectivity index (χ4v) is 4.25. The Balaban J connectivity index is 1.78. The van der Waals surface area contributed by atoms with Crippen molar-refractivity contribution in [1.29, 1.82) is 0 Å². The SMILES string of the molecule is COc1cc(OC)c(NC(=O)c2ccc(S(=O)(=O)Nc3ccc(C)c(C)c3)cc2)cc1Cl. The summed E-state index contributed by atoms with van der Waals surface area (Å²) in [5.41, 5.74) is 3.14. The van der Waals surface area contributed by atoms with Crippen LogP contribution in [0.4, 0.5) is 11.4 Å². The molecule has 32 heavy (non-hydrogen) atoms. The predicted molar refractivity (Wildman–Crippen MR) is 126 cm³/mol. The van der Waals surface area contributed by atoms with Crippen molar-refractivity contribution < 1.29 is 22.7 Å². The molecule has 3 rings (SSSR count). The van der Waals surface area contributed by atoms with Gasteiger partial charge in [-0.2, -0.15) is 0 Å². The zero-order valence-electron chi connectivity index (χ0n) is 18.0. The maximum Gasteiger partial charge on any atom is 0.261 e. The van der Waals surface area contributed by atoms with Crippen molar-refractivity contribution in [3.05, 3.63) is 76.3 Å². The van der Waals surface area contributed by atoms with Crippen LogP contribution in [0.5, 0.6) is 11.5 Å². The molecule has 0 aromatic heterocycles. The van der Waals surface area contributed by atoms with Gasteiger partial charge in [0.1, 0.15) is 11.5 Å². The maximum atomic E-state index is 12.7. The lowest BCUT2D eigenvalue weighted by Crippen LogP contribution is -2.15. The third-order valence-electron chi connectivity index (χ3n) is 4.91. The van der Waals surface area contributed by atoms with E-state index in [4.69, 9.17) is 21.1 Å². The smallest absolute Gasteiger partial charge is 0.261 e. The Kier molecular flexibility index (Phi) is 6.96. The Labute approximate surface area is 192 Å². The van der Waals surface area contributed by atoms with E-state index >= 15 is 0 Å². The Hall–Kier alpha value is -3.23. The van der Waals surface area contributed by atoms with Gasteiger partial charge in [-0.15, -0.1) is 0 Å². The van der Waals surface area contributed by atoms with Crippen LogP contribution in [0.15, 0.2) is 59.5 Å². The minimum Gasteiger partial charge on any atom is -0.495 e. The van der Waals surface area contributed by atoms with Gasteiger partial charge in [-0.05, 0) is 67.4 Å². The van der Waals surface area contributed by atoms with Gasteiger partial charge in [-0.1, -0.05) is 17.7 Å². The molecule has 3 aromatic rings. The lowest BCUT2D eigenvalue weighted by atomic mass is 10.1. The first-order chi connectivity index (χ1) is 15.1. The molecule has 0 aliphatic heterocycles. The van der Waals surface area contributed by atoms with Gasteiger partial charge in [-0.3, -0.25) is 9.52 Å². The highest BCUT2D eigenvalue weighted by molar-refractivity contribution is 7.92. The van der Waals surface area contributed by atoms with E-state index in [1.54, 1.807) is 18.2 Å². The summed E-state index contributed by atoms with van der Waals surface area (Å²) in [7, 11) is -0.867. The molecule has 0 aliphatic rings. The monoisotopic (exact) mass is 474 g/mol. The highest BCUT2D eigenvalue weighted by Gasteiger charge is 2.17. The first-order valence-electron chi connectivity index (χ1n) is 9.57. The number of ether oxygens (including phenoxy) is 2. The van der Waals surface area contributed by atoms with E-state index in [9.17, 15) is 13.2 Å². The number of carbonyl (C=O) groups excluding carboxylic acids is 1. The number of hydrogen-bond donors (Lipinski definition) is 2. The Morgan fingerprint density at radius 3 is 2.12 bits per heavy atom. The highest BCUT2D eigenvalue weighted by Crippen LogP contribution is 2.36. The maximum absolute atomic E-state index is 12.7. The van der Waals surface area contributed by atoms with Crippen molar-refractivity contribution in [3.63, 3.8) is 0 Å². The molecule has 0 fully saturated rings. The number of methoxy groups -OCH3 is 2. The second-order valence-electron chi connectivity index (χ2n) is 7.07. The minimum absolute atomic E-state index is 0.0392. The summed E-state index contributed by atoms with van der Waals surface area (Å²) < 4.78 is 38.4. The van der Waals surface area contributed by atoms with E-state index < -0.39 is 15.9 Å². The number of halogens is 1. The van der Waals surface area contributed by atoms with Gasteiger partial charge in [0.05, 0.1) is 29.8 Å². The number of rotatable bonds is 7. The summed E-state index contributed by atoms with van der Waals surface area (Å²) in [5, 5.41) is 3.02. The van der Waals surface area contributed by atoms with Gasteiger partial charge in [0.25, 0.3) is 15.9 Å². The zero-order chi connectivity index (χ0) is 23.5. The van der Waals surface area contributed by atoms with Crippen molar-refractivity contribution in [2.24, 2.45) is 0 Å². The number of benzene rings is 3. The van der Waals surface area contributed by atoms with Crippen LogP contribution in [0.25, 0.3) is 0 Å². The van der Waals surface area contributed by atoms with E-state index in [0.29, 0.717) is 27.9 Å². The molecule has 0 saturated carbocycles. The van der Waals surface area contributed by atoms with Crippen LogP contribution >= 0.6 is 11.6 Å². The summed E-state index contributed by atoms with van der Waals surface area (Å²) in [6, 6.07) is 14.0. The molecular formula is C23H23ClN2O5S. The molecule has 2 N–H and O–H groups in total. The number of anilines is 2. The lowest BCUT2D eigenvalue weighted by molar-refractivity contribution is 0.102. The van der Waals surface area contributed by atoms with Crippen LogP contribution in [-0.4, -0.2) is 28.5 Å². The van der Waals surface area contributed by atoms with Gasteiger partial charge >= 0.3 is 0 Å². The quantitative estimate of drug-likeness (QED) is 0.501. The largest absolute Gasteiger partial charge is 0.495 e. The number of sulfonamides is 1. The van der Waals surface area contributed by atoms with Crippen LogP contribution in [0, 0.1) is 13.8 Å². The van der Waals surface area contributed by atoms with Gasteiger partial charge in [-0.25, -0.2) is 8.42 Å². The molecule has 0 unspecified atom stereocenters. The topological polar surface area (TPSA) is 93.7 Å². The van der Waals surface area contributed by atoms with Crippen molar-refractivity contribution in [2.45, 2.75) is 18.7 Å². The van der Waals surface area contributed by atoms with Crippen LogP contribution in [0.1, 0.15) is 21.5 Å². The lowest BCUT2D eigenvalue weighted by Gasteiger charge is -2.13. The zero-order valence-corrected chi connectivity index (χ0v) is 19.6. The fourth-order valence-electron chi connectivity index (χ4n) is 2.96. The van der Waals surface area contributed by atoms with Crippen LogP contribution in [0.2, 0.25) is 5.02 Å². The number of carbonyl (C=O) groups is 1. The molecule has 7 nitrogen and oxygen atoms in total. The third kappa shape index (κ3) is 5.15. The highest BCUT2D eigenvalue weighted by atomic mass is 35.5. The second kappa shape index (κ2) is 9.50. The van der Waals surface area contributed by atoms with Crippen LogP contribution in [-0.2, 0) is 10.0 Å². The molecule has 0 saturated heterocycles. The van der Waals surface area contributed by atoms with Crippen molar-refractivity contribution in [1.82, 2.24) is 0 Å². The molecule has 9 heteroatoms. The van der Waals surface area contributed by atoms with Gasteiger partial charge in [0, 0.05) is 17.3 Å². The Morgan fingerprint density at radius 1 is 0.875 bits per heavy atom. The van der Waals surface area contributed by atoms with E-state index in [0.717, 1.165) is 11.1 Å². The molecule has 0 atom stereocenters.